The lowest BCUT2D eigenvalue weighted by molar-refractivity contribution is 0.0951. The maximum Gasteiger partial charge on any atom is 0.264 e. The zero-order valence-corrected chi connectivity index (χ0v) is 15.4. The summed E-state index contributed by atoms with van der Waals surface area (Å²) in [6.07, 6.45) is 0. The van der Waals surface area contributed by atoms with Gasteiger partial charge in [-0.15, -0.1) is 5.10 Å². The van der Waals surface area contributed by atoms with Crippen LogP contribution in [0.5, 0.6) is 5.75 Å². The quantitative estimate of drug-likeness (QED) is 0.839. The van der Waals surface area contributed by atoms with Gasteiger partial charge >= 0.3 is 0 Å². The fraction of sp³-hybridized carbons (Fsp3) is 0.471. The van der Waals surface area contributed by atoms with Crippen molar-refractivity contribution in [1.82, 2.24) is 19.8 Å². The SMILES string of the molecule is COc1ccc(N2CCN(CCNC(=O)c3snnc3C)CC2)cc1. The number of carbonyl (C=O) groups is 1. The first-order valence-electron chi connectivity index (χ1n) is 8.36. The van der Waals surface area contributed by atoms with Crippen molar-refractivity contribution >= 4 is 23.1 Å². The van der Waals surface area contributed by atoms with Crippen LogP contribution in [0.25, 0.3) is 0 Å². The summed E-state index contributed by atoms with van der Waals surface area (Å²) < 4.78 is 9.00. The number of methoxy groups -OCH3 is 1. The van der Waals surface area contributed by atoms with Crippen LogP contribution in [0.3, 0.4) is 0 Å². The number of anilines is 1. The number of hydrogen-bond donors (Lipinski definition) is 1. The van der Waals surface area contributed by atoms with E-state index in [-0.39, 0.29) is 5.91 Å². The first-order chi connectivity index (χ1) is 12.2. The van der Waals surface area contributed by atoms with E-state index in [1.54, 1.807) is 14.0 Å². The molecule has 0 atom stereocenters. The molecule has 2 aromatic rings. The molecule has 7 nitrogen and oxygen atoms in total. The first kappa shape index (κ1) is 17.6. The first-order valence-corrected chi connectivity index (χ1v) is 9.13. The van der Waals surface area contributed by atoms with Crippen LogP contribution in [0.2, 0.25) is 0 Å². The van der Waals surface area contributed by atoms with Crippen LogP contribution >= 0.6 is 11.5 Å². The molecular formula is C17H23N5O2S. The number of aryl methyl sites for hydroxylation is 1. The van der Waals surface area contributed by atoms with Gasteiger partial charge in [0.15, 0.2) is 0 Å². The number of ether oxygens (including phenoxy) is 1. The van der Waals surface area contributed by atoms with Gasteiger partial charge in [0.05, 0.1) is 12.8 Å². The Kier molecular flexibility index (Phi) is 5.83. The minimum absolute atomic E-state index is 0.0793. The Hall–Kier alpha value is -2.19. The number of benzene rings is 1. The Morgan fingerprint density at radius 1 is 1.24 bits per heavy atom. The smallest absolute Gasteiger partial charge is 0.264 e. The van der Waals surface area contributed by atoms with Crippen LogP contribution in [-0.4, -0.2) is 66.8 Å². The molecule has 1 aromatic heterocycles. The molecule has 0 unspecified atom stereocenters. The summed E-state index contributed by atoms with van der Waals surface area (Å²) in [5.74, 6) is 0.800. The van der Waals surface area contributed by atoms with Crippen molar-refractivity contribution in [2.45, 2.75) is 6.92 Å². The lowest BCUT2D eigenvalue weighted by Gasteiger charge is -2.36. The third-order valence-corrected chi connectivity index (χ3v) is 5.21. The molecule has 2 heterocycles. The van der Waals surface area contributed by atoms with Crippen LogP contribution in [0, 0.1) is 6.92 Å². The molecule has 1 amide bonds. The Morgan fingerprint density at radius 3 is 2.56 bits per heavy atom. The van der Waals surface area contributed by atoms with Crippen LogP contribution in [0.1, 0.15) is 15.4 Å². The molecule has 0 bridgehead atoms. The summed E-state index contributed by atoms with van der Waals surface area (Å²) in [6, 6.07) is 8.18. The highest BCUT2D eigenvalue weighted by Gasteiger charge is 2.18. The molecule has 1 saturated heterocycles. The summed E-state index contributed by atoms with van der Waals surface area (Å²) in [5.41, 5.74) is 1.91. The molecule has 1 aliphatic heterocycles. The molecule has 1 aliphatic rings. The van der Waals surface area contributed by atoms with Crippen LogP contribution in [-0.2, 0) is 0 Å². The number of carbonyl (C=O) groups excluding carboxylic acids is 1. The van der Waals surface area contributed by atoms with Crippen molar-refractivity contribution in [2.24, 2.45) is 0 Å². The Labute approximate surface area is 151 Å². The van der Waals surface area contributed by atoms with Crippen molar-refractivity contribution in [2.75, 3.05) is 51.3 Å². The largest absolute Gasteiger partial charge is 0.497 e. The predicted octanol–water partition coefficient (Wildman–Crippen LogP) is 1.41. The third kappa shape index (κ3) is 4.46. The molecule has 0 aliphatic carbocycles. The molecule has 0 saturated carbocycles. The van der Waals surface area contributed by atoms with Crippen LogP contribution < -0.4 is 15.0 Å². The van der Waals surface area contributed by atoms with Gasteiger partial charge in [0, 0.05) is 45.0 Å². The average Bonchev–Trinajstić information content (AvgIpc) is 3.08. The lowest BCUT2D eigenvalue weighted by atomic mass is 10.2. The van der Waals surface area contributed by atoms with Gasteiger partial charge in [0.25, 0.3) is 5.91 Å². The van der Waals surface area contributed by atoms with Gasteiger partial charge in [-0.1, -0.05) is 4.49 Å². The Bertz CT molecular complexity index is 695. The van der Waals surface area contributed by atoms with E-state index in [9.17, 15) is 4.79 Å². The lowest BCUT2D eigenvalue weighted by Crippen LogP contribution is -2.48. The van der Waals surface area contributed by atoms with E-state index in [1.165, 1.54) is 5.69 Å². The number of nitrogens with one attached hydrogen (secondary N) is 1. The Morgan fingerprint density at radius 2 is 1.96 bits per heavy atom. The molecule has 1 aromatic carbocycles. The van der Waals surface area contributed by atoms with E-state index in [0.717, 1.165) is 50.0 Å². The van der Waals surface area contributed by atoms with E-state index < -0.39 is 0 Å². The maximum absolute atomic E-state index is 12.0. The molecule has 1 N–H and O–H groups in total. The summed E-state index contributed by atoms with van der Waals surface area (Å²) in [4.78, 5) is 17.4. The monoisotopic (exact) mass is 361 g/mol. The van der Waals surface area contributed by atoms with E-state index in [4.69, 9.17) is 4.74 Å². The van der Waals surface area contributed by atoms with Crippen molar-refractivity contribution in [1.29, 1.82) is 0 Å². The van der Waals surface area contributed by atoms with Gasteiger partial charge in [-0.25, -0.2) is 0 Å². The van der Waals surface area contributed by atoms with Gasteiger partial charge in [0.2, 0.25) is 0 Å². The van der Waals surface area contributed by atoms with E-state index in [1.807, 2.05) is 12.1 Å². The topological polar surface area (TPSA) is 70.6 Å². The molecule has 8 heteroatoms. The van der Waals surface area contributed by atoms with Gasteiger partial charge in [-0.05, 0) is 42.7 Å². The summed E-state index contributed by atoms with van der Waals surface area (Å²) in [7, 11) is 1.68. The number of amides is 1. The van der Waals surface area contributed by atoms with E-state index in [2.05, 4.69) is 36.8 Å². The average molecular weight is 361 g/mol. The molecular weight excluding hydrogens is 338 g/mol. The number of nitrogens with zero attached hydrogens (tertiary/aromatic N) is 4. The fourth-order valence-electron chi connectivity index (χ4n) is 2.87. The number of piperazine rings is 1. The van der Waals surface area contributed by atoms with Gasteiger partial charge in [0.1, 0.15) is 10.6 Å². The summed E-state index contributed by atoms with van der Waals surface area (Å²) >= 11 is 1.14. The second-order valence-corrected chi connectivity index (χ2v) is 6.72. The second kappa shape index (κ2) is 8.26. The Balaban J connectivity index is 1.40. The summed E-state index contributed by atoms with van der Waals surface area (Å²) in [5, 5.41) is 6.82. The minimum Gasteiger partial charge on any atom is -0.497 e. The normalized spacial score (nSPS) is 15.2. The molecule has 1 fully saturated rings. The van der Waals surface area contributed by atoms with E-state index in [0.29, 0.717) is 17.1 Å². The fourth-order valence-corrected chi connectivity index (χ4v) is 3.44. The number of hydrogen-bond acceptors (Lipinski definition) is 7. The van der Waals surface area contributed by atoms with Crippen molar-refractivity contribution in [3.8, 4) is 5.75 Å². The maximum atomic E-state index is 12.0. The van der Waals surface area contributed by atoms with Crippen molar-refractivity contribution < 1.29 is 9.53 Å². The molecule has 0 spiro atoms. The van der Waals surface area contributed by atoms with E-state index >= 15 is 0 Å². The predicted molar refractivity (Wildman–Crippen MR) is 98.6 cm³/mol. The van der Waals surface area contributed by atoms with Crippen molar-refractivity contribution in [3.63, 3.8) is 0 Å². The molecule has 25 heavy (non-hydrogen) atoms. The molecule has 0 radical (unpaired) electrons. The van der Waals surface area contributed by atoms with Crippen LogP contribution in [0.15, 0.2) is 24.3 Å². The number of aromatic nitrogens is 2. The van der Waals surface area contributed by atoms with Crippen molar-refractivity contribution in [3.05, 3.63) is 34.8 Å². The molecule has 3 rings (SSSR count). The summed E-state index contributed by atoms with van der Waals surface area (Å²) in [6.45, 7) is 7.24. The highest BCUT2D eigenvalue weighted by molar-refractivity contribution is 7.07. The highest BCUT2D eigenvalue weighted by atomic mass is 32.1. The highest BCUT2D eigenvalue weighted by Crippen LogP contribution is 2.20. The zero-order valence-electron chi connectivity index (χ0n) is 14.6. The zero-order chi connectivity index (χ0) is 17.6. The molecule has 134 valence electrons. The van der Waals surface area contributed by atoms with Gasteiger partial charge < -0.3 is 15.0 Å². The standard InChI is InChI=1S/C17H23N5O2S/c1-13-16(25-20-19-13)17(23)18-7-8-21-9-11-22(12-10-21)14-3-5-15(24-2)6-4-14/h3-6H,7-12H2,1-2H3,(H,18,23). The third-order valence-electron chi connectivity index (χ3n) is 4.38. The van der Waals surface area contributed by atoms with Gasteiger partial charge in [-0.2, -0.15) is 0 Å². The minimum atomic E-state index is -0.0793. The van der Waals surface area contributed by atoms with Crippen LogP contribution in [0.4, 0.5) is 5.69 Å². The second-order valence-electron chi connectivity index (χ2n) is 5.97. The van der Waals surface area contributed by atoms with Gasteiger partial charge in [-0.3, -0.25) is 9.69 Å². The number of rotatable bonds is 6.